The molecule has 0 aromatic heterocycles. The number of hydrogen-bond donors (Lipinski definition) is 1. The van der Waals surface area contributed by atoms with Crippen molar-refractivity contribution in [1.29, 1.82) is 0 Å². The number of ether oxygens (including phenoxy) is 1. The lowest BCUT2D eigenvalue weighted by atomic mass is 9.98. The molecule has 0 saturated heterocycles. The molecule has 0 saturated carbocycles. The minimum Gasteiger partial charge on any atom is -0.497 e. The van der Waals surface area contributed by atoms with Crippen LogP contribution in [0, 0.1) is 0 Å². The molecule has 1 rings (SSSR count). The van der Waals surface area contributed by atoms with Gasteiger partial charge in [-0.2, -0.15) is 0 Å². The second kappa shape index (κ2) is 5.27. The van der Waals surface area contributed by atoms with Crippen molar-refractivity contribution in [3.05, 3.63) is 29.8 Å². The lowest BCUT2D eigenvalue weighted by molar-refractivity contribution is 0.319. The summed E-state index contributed by atoms with van der Waals surface area (Å²) in [6.07, 6.45) is 2.46. The quantitative estimate of drug-likeness (QED) is 0.453. The minimum absolute atomic E-state index is 0.172. The van der Waals surface area contributed by atoms with Gasteiger partial charge in [-0.25, -0.2) is 0 Å². The molecule has 0 bridgehead atoms. The Kier molecular flexibility index (Phi) is 3.98. The van der Waals surface area contributed by atoms with Gasteiger partial charge in [0.25, 0.3) is 0 Å². The smallest absolute Gasteiger partial charge is 0.118 e. The van der Waals surface area contributed by atoms with Crippen LogP contribution >= 0.6 is 0 Å². The highest BCUT2D eigenvalue weighted by Gasteiger charge is 2.06. The Bertz CT molecular complexity index is 293. The highest BCUT2D eigenvalue weighted by atomic mass is 16.5. The summed E-state index contributed by atoms with van der Waals surface area (Å²) in [5.41, 5.74) is 1.13. The van der Waals surface area contributed by atoms with Crippen molar-refractivity contribution < 1.29 is 9.94 Å². The van der Waals surface area contributed by atoms with E-state index in [4.69, 9.17) is 9.94 Å². The third-order valence-corrected chi connectivity index (χ3v) is 2.23. The molecule has 0 aliphatic heterocycles. The van der Waals surface area contributed by atoms with Crippen molar-refractivity contribution in [2.45, 2.75) is 19.3 Å². The third-order valence-electron chi connectivity index (χ3n) is 2.23. The zero-order valence-electron chi connectivity index (χ0n) is 8.47. The number of nitrogens with zero attached hydrogens (tertiary/aromatic N) is 1. The molecule has 14 heavy (non-hydrogen) atoms. The lowest BCUT2D eigenvalue weighted by Crippen LogP contribution is -1.98. The molecule has 1 atom stereocenters. The summed E-state index contributed by atoms with van der Waals surface area (Å²) in [5.74, 6) is 1.01. The number of oxime groups is 1. The predicted molar refractivity (Wildman–Crippen MR) is 56.3 cm³/mol. The highest BCUT2D eigenvalue weighted by Crippen LogP contribution is 2.20. The number of benzene rings is 1. The summed E-state index contributed by atoms with van der Waals surface area (Å²) in [6.45, 7) is 2.05. The van der Waals surface area contributed by atoms with E-state index in [1.165, 1.54) is 0 Å². The van der Waals surface area contributed by atoms with Gasteiger partial charge >= 0.3 is 0 Å². The molecular formula is C11H15NO2. The fourth-order valence-electron chi connectivity index (χ4n) is 1.36. The van der Waals surface area contributed by atoms with Gasteiger partial charge in [0.1, 0.15) is 5.75 Å². The Morgan fingerprint density at radius 3 is 2.50 bits per heavy atom. The topological polar surface area (TPSA) is 41.8 Å². The molecule has 1 unspecified atom stereocenters. The molecule has 3 heteroatoms. The molecule has 0 spiro atoms. The molecule has 0 fully saturated rings. The van der Waals surface area contributed by atoms with Gasteiger partial charge in [0, 0.05) is 5.92 Å². The van der Waals surface area contributed by atoms with E-state index in [0.29, 0.717) is 0 Å². The van der Waals surface area contributed by atoms with E-state index in [-0.39, 0.29) is 5.92 Å². The van der Waals surface area contributed by atoms with Crippen molar-refractivity contribution >= 4 is 6.21 Å². The van der Waals surface area contributed by atoms with E-state index in [2.05, 4.69) is 12.1 Å². The molecule has 0 radical (unpaired) electrons. The van der Waals surface area contributed by atoms with Crippen molar-refractivity contribution in [2.75, 3.05) is 7.11 Å². The Morgan fingerprint density at radius 2 is 2.07 bits per heavy atom. The maximum Gasteiger partial charge on any atom is 0.118 e. The van der Waals surface area contributed by atoms with E-state index in [1.807, 2.05) is 24.3 Å². The average Bonchev–Trinajstić information content (AvgIpc) is 2.26. The molecule has 1 aromatic rings. The summed E-state index contributed by atoms with van der Waals surface area (Å²) >= 11 is 0. The van der Waals surface area contributed by atoms with Gasteiger partial charge in [0.15, 0.2) is 0 Å². The van der Waals surface area contributed by atoms with Gasteiger partial charge in [-0.1, -0.05) is 19.1 Å². The van der Waals surface area contributed by atoms with Gasteiger partial charge in [-0.15, -0.1) is 5.16 Å². The maximum absolute atomic E-state index is 8.47. The number of rotatable bonds is 4. The number of methoxy groups -OCH3 is 1. The fraction of sp³-hybridized carbons (Fsp3) is 0.364. The van der Waals surface area contributed by atoms with Crippen LogP contribution in [-0.4, -0.2) is 18.5 Å². The Hall–Kier alpha value is -1.51. The second-order valence-electron chi connectivity index (χ2n) is 3.05. The first kappa shape index (κ1) is 10.6. The van der Waals surface area contributed by atoms with Crippen molar-refractivity contribution in [1.82, 2.24) is 0 Å². The minimum atomic E-state index is 0.172. The van der Waals surface area contributed by atoms with Crippen LogP contribution in [0.4, 0.5) is 0 Å². The van der Waals surface area contributed by atoms with Crippen LogP contribution in [-0.2, 0) is 0 Å². The van der Waals surface area contributed by atoms with Crippen molar-refractivity contribution in [2.24, 2.45) is 5.16 Å². The lowest BCUT2D eigenvalue weighted by Gasteiger charge is -2.09. The van der Waals surface area contributed by atoms with Crippen LogP contribution in [0.1, 0.15) is 24.8 Å². The monoisotopic (exact) mass is 193 g/mol. The van der Waals surface area contributed by atoms with Crippen molar-refractivity contribution in [3.8, 4) is 5.75 Å². The van der Waals surface area contributed by atoms with E-state index in [1.54, 1.807) is 13.3 Å². The average molecular weight is 193 g/mol. The van der Waals surface area contributed by atoms with Gasteiger partial charge in [0.05, 0.1) is 13.3 Å². The van der Waals surface area contributed by atoms with Crippen LogP contribution in [0.5, 0.6) is 5.75 Å². The summed E-state index contributed by atoms with van der Waals surface area (Å²) in [5, 5.41) is 11.5. The molecule has 1 aromatic carbocycles. The van der Waals surface area contributed by atoms with Gasteiger partial charge in [-0.05, 0) is 24.1 Å². The second-order valence-corrected chi connectivity index (χ2v) is 3.05. The van der Waals surface area contributed by atoms with Gasteiger partial charge < -0.3 is 9.94 Å². The standard InChI is InChI=1S/C11H15NO2/c1-3-9(8-12-13)10-4-6-11(14-2)7-5-10/h4-9,13H,3H2,1-2H3/b12-8+. The highest BCUT2D eigenvalue weighted by molar-refractivity contribution is 5.67. The largest absolute Gasteiger partial charge is 0.497 e. The molecule has 1 N–H and O–H groups in total. The Labute approximate surface area is 84.0 Å². The van der Waals surface area contributed by atoms with Crippen molar-refractivity contribution in [3.63, 3.8) is 0 Å². The molecule has 0 amide bonds. The van der Waals surface area contributed by atoms with Gasteiger partial charge in [-0.3, -0.25) is 0 Å². The summed E-state index contributed by atoms with van der Waals surface area (Å²) in [7, 11) is 1.64. The summed E-state index contributed by atoms with van der Waals surface area (Å²) < 4.78 is 5.06. The van der Waals surface area contributed by atoms with Crippen LogP contribution in [0.15, 0.2) is 29.4 Å². The zero-order valence-corrected chi connectivity index (χ0v) is 8.47. The third kappa shape index (κ3) is 2.49. The van der Waals surface area contributed by atoms with E-state index < -0.39 is 0 Å². The Balaban J connectivity index is 2.83. The Morgan fingerprint density at radius 1 is 1.43 bits per heavy atom. The fourth-order valence-corrected chi connectivity index (χ4v) is 1.36. The predicted octanol–water partition coefficient (Wildman–Crippen LogP) is 2.65. The zero-order chi connectivity index (χ0) is 10.4. The first-order chi connectivity index (χ1) is 6.81. The first-order valence-electron chi connectivity index (χ1n) is 4.63. The normalized spacial score (nSPS) is 13.0. The van der Waals surface area contributed by atoms with E-state index in [0.717, 1.165) is 17.7 Å². The molecule has 3 nitrogen and oxygen atoms in total. The van der Waals surface area contributed by atoms with E-state index >= 15 is 0 Å². The summed E-state index contributed by atoms with van der Waals surface area (Å²) in [6, 6.07) is 7.77. The summed E-state index contributed by atoms with van der Waals surface area (Å²) in [4.78, 5) is 0. The van der Waals surface area contributed by atoms with Crippen LogP contribution < -0.4 is 4.74 Å². The first-order valence-corrected chi connectivity index (χ1v) is 4.63. The molecule has 0 heterocycles. The molecule has 0 aliphatic carbocycles. The van der Waals surface area contributed by atoms with Gasteiger partial charge in [0.2, 0.25) is 0 Å². The van der Waals surface area contributed by atoms with E-state index in [9.17, 15) is 0 Å². The van der Waals surface area contributed by atoms with Crippen LogP contribution in [0.3, 0.4) is 0 Å². The molecule has 76 valence electrons. The maximum atomic E-state index is 8.47. The van der Waals surface area contributed by atoms with Crippen LogP contribution in [0.2, 0.25) is 0 Å². The number of hydrogen-bond acceptors (Lipinski definition) is 3. The van der Waals surface area contributed by atoms with Crippen LogP contribution in [0.25, 0.3) is 0 Å². The molecule has 0 aliphatic rings. The SMILES string of the molecule is CCC(/C=N/O)c1ccc(OC)cc1. The molecular weight excluding hydrogens is 178 g/mol.